The average molecular weight is 455 g/mol. The van der Waals surface area contributed by atoms with E-state index in [1.807, 2.05) is 0 Å². The molecule has 0 spiro atoms. The van der Waals surface area contributed by atoms with Crippen molar-refractivity contribution in [3.63, 3.8) is 0 Å². The summed E-state index contributed by atoms with van der Waals surface area (Å²) in [5.74, 6) is -0.210. The lowest BCUT2D eigenvalue weighted by atomic mass is 10.2. The maximum atomic E-state index is 13.6. The molecule has 0 bridgehead atoms. The largest absolute Gasteiger partial charge is 0.431 e. The summed E-state index contributed by atoms with van der Waals surface area (Å²) < 4.78 is 68.3. The fraction of sp³-hybridized carbons (Fsp3) is 0.421. The predicted molar refractivity (Wildman–Crippen MR) is 108 cm³/mol. The van der Waals surface area contributed by atoms with Crippen LogP contribution in [0.25, 0.3) is 22.6 Å². The van der Waals surface area contributed by atoms with E-state index in [4.69, 9.17) is 5.73 Å². The van der Waals surface area contributed by atoms with Gasteiger partial charge in [0.25, 0.3) is 5.56 Å². The number of hydrogen-bond donors (Lipinski definition) is 1. The minimum atomic E-state index is -4.74. The molecule has 12 heteroatoms. The smallest absolute Gasteiger partial charge is 0.383 e. The first kappa shape index (κ1) is 21.3. The van der Waals surface area contributed by atoms with Gasteiger partial charge in [0.1, 0.15) is 22.7 Å². The lowest BCUT2D eigenvalue weighted by molar-refractivity contribution is -0.144. The van der Waals surface area contributed by atoms with Crippen molar-refractivity contribution in [2.45, 2.75) is 43.8 Å². The van der Waals surface area contributed by atoms with Gasteiger partial charge in [0.15, 0.2) is 15.7 Å². The Balaban J connectivity index is 2.09. The fourth-order valence-corrected chi connectivity index (χ4v) is 4.68. The summed E-state index contributed by atoms with van der Waals surface area (Å²) >= 11 is 0. The van der Waals surface area contributed by atoms with Gasteiger partial charge < -0.3 is 10.3 Å². The lowest BCUT2D eigenvalue weighted by Crippen LogP contribution is -2.28. The van der Waals surface area contributed by atoms with Crippen LogP contribution in [0, 0.1) is 6.92 Å². The third-order valence-electron chi connectivity index (χ3n) is 5.42. The van der Waals surface area contributed by atoms with Crippen molar-refractivity contribution in [1.82, 2.24) is 19.1 Å². The molecule has 0 amide bonds. The number of pyridine rings is 2. The minimum Gasteiger partial charge on any atom is -0.383 e. The zero-order valence-corrected chi connectivity index (χ0v) is 17.8. The van der Waals surface area contributed by atoms with Crippen molar-refractivity contribution in [2.75, 3.05) is 11.5 Å². The van der Waals surface area contributed by atoms with Gasteiger partial charge in [-0.25, -0.2) is 18.4 Å². The summed E-state index contributed by atoms with van der Waals surface area (Å²) in [6, 6.07) is 1.67. The van der Waals surface area contributed by atoms with E-state index in [0.29, 0.717) is 18.4 Å². The van der Waals surface area contributed by atoms with Crippen LogP contribution in [0.5, 0.6) is 0 Å². The summed E-state index contributed by atoms with van der Waals surface area (Å²) in [5.41, 5.74) is 4.07. The van der Waals surface area contributed by atoms with Crippen molar-refractivity contribution < 1.29 is 21.6 Å². The molecule has 3 aromatic heterocycles. The maximum absolute atomic E-state index is 13.6. The van der Waals surface area contributed by atoms with Crippen LogP contribution >= 0.6 is 0 Å². The second-order valence-electron chi connectivity index (χ2n) is 7.60. The first-order chi connectivity index (χ1) is 14.4. The quantitative estimate of drug-likeness (QED) is 0.647. The molecule has 1 fully saturated rings. The van der Waals surface area contributed by atoms with Crippen LogP contribution < -0.4 is 11.3 Å². The Morgan fingerprint density at radius 2 is 1.87 bits per heavy atom. The molecular formula is C19H20F3N5O3S. The molecule has 3 heterocycles. The second-order valence-corrected chi connectivity index (χ2v) is 9.85. The highest BCUT2D eigenvalue weighted by Gasteiger charge is 2.40. The molecule has 0 aromatic carbocycles. The number of aryl methyl sites for hydroxylation is 2. The number of rotatable bonds is 4. The lowest BCUT2D eigenvalue weighted by Gasteiger charge is -2.15. The molecule has 0 unspecified atom stereocenters. The number of imidazole rings is 1. The summed E-state index contributed by atoms with van der Waals surface area (Å²) in [5, 5.41) is 0. The third kappa shape index (κ3) is 3.38. The number of halogens is 3. The monoisotopic (exact) mass is 455 g/mol. The van der Waals surface area contributed by atoms with Crippen LogP contribution in [0.4, 0.5) is 19.0 Å². The summed E-state index contributed by atoms with van der Waals surface area (Å²) in [7, 11) is -2.32. The van der Waals surface area contributed by atoms with E-state index in [1.165, 1.54) is 24.6 Å². The van der Waals surface area contributed by atoms with E-state index in [-0.39, 0.29) is 39.0 Å². The number of sulfone groups is 1. The summed E-state index contributed by atoms with van der Waals surface area (Å²) in [4.78, 5) is 21.3. The van der Waals surface area contributed by atoms with Gasteiger partial charge in [0.05, 0.1) is 16.2 Å². The maximum Gasteiger partial charge on any atom is 0.431 e. The molecule has 1 aliphatic carbocycles. The third-order valence-corrected chi connectivity index (χ3v) is 7.16. The van der Waals surface area contributed by atoms with Crippen LogP contribution in [-0.2, 0) is 23.1 Å². The predicted octanol–water partition coefficient (Wildman–Crippen LogP) is 2.83. The highest BCUT2D eigenvalue weighted by molar-refractivity contribution is 7.91. The van der Waals surface area contributed by atoms with Crippen LogP contribution in [0.15, 0.2) is 21.8 Å². The van der Waals surface area contributed by atoms with Crippen molar-refractivity contribution in [3.05, 3.63) is 33.7 Å². The molecule has 0 aliphatic heterocycles. The van der Waals surface area contributed by atoms with Gasteiger partial charge in [-0.2, -0.15) is 13.2 Å². The Kier molecular flexibility index (Phi) is 4.69. The van der Waals surface area contributed by atoms with Crippen LogP contribution in [0.1, 0.15) is 37.1 Å². The van der Waals surface area contributed by atoms with Crippen LogP contribution in [0.2, 0.25) is 0 Å². The molecule has 0 radical (unpaired) electrons. The summed E-state index contributed by atoms with van der Waals surface area (Å²) in [6.45, 7) is 3.06. The number of nitrogen functional groups attached to an aromatic ring is 1. The summed E-state index contributed by atoms with van der Waals surface area (Å²) in [6.07, 6.45) is -3.78. The molecule has 2 N–H and O–H groups in total. The van der Waals surface area contributed by atoms with Crippen molar-refractivity contribution in [2.24, 2.45) is 7.05 Å². The second kappa shape index (κ2) is 6.81. The Bertz CT molecular complexity index is 1390. The van der Waals surface area contributed by atoms with Crippen LogP contribution in [0.3, 0.4) is 0 Å². The first-order valence-corrected chi connectivity index (χ1v) is 11.2. The molecule has 8 nitrogen and oxygen atoms in total. The van der Waals surface area contributed by atoms with Gasteiger partial charge in [-0.05, 0) is 37.5 Å². The molecule has 0 saturated heterocycles. The minimum absolute atomic E-state index is 0.0486. The number of alkyl halides is 3. The molecule has 166 valence electrons. The van der Waals surface area contributed by atoms with Gasteiger partial charge in [-0.3, -0.25) is 9.36 Å². The van der Waals surface area contributed by atoms with Gasteiger partial charge in [0, 0.05) is 13.1 Å². The number of anilines is 1. The zero-order chi connectivity index (χ0) is 22.9. The van der Waals surface area contributed by atoms with Gasteiger partial charge >= 0.3 is 6.18 Å². The zero-order valence-electron chi connectivity index (χ0n) is 17.0. The normalized spacial score (nSPS) is 15.0. The fourth-order valence-electron chi connectivity index (χ4n) is 3.58. The standard InChI is InChI=1S/C19H20F3N5O3S/c1-4-31(29,30)12-7-9(2)16(23)25-14(12)17-24-11-8-13(19(20,21)22)27(10-5-6-10)18(28)15(11)26(17)3/h7-8,10H,4-6H2,1-3H3,(H2,23,25). The molecule has 3 aromatic rings. The van der Waals surface area contributed by atoms with E-state index < -0.39 is 33.3 Å². The Hall–Kier alpha value is -2.89. The molecule has 1 saturated carbocycles. The molecule has 0 atom stereocenters. The Morgan fingerprint density at radius 1 is 1.23 bits per heavy atom. The van der Waals surface area contributed by atoms with E-state index in [0.717, 1.165) is 10.6 Å². The van der Waals surface area contributed by atoms with Crippen molar-refractivity contribution >= 4 is 26.7 Å². The molecular weight excluding hydrogens is 435 g/mol. The number of fused-ring (bicyclic) bond motifs is 1. The number of hydrogen-bond acceptors (Lipinski definition) is 6. The Labute approximate surface area is 175 Å². The van der Waals surface area contributed by atoms with E-state index in [1.54, 1.807) is 6.92 Å². The molecule has 4 rings (SSSR count). The number of nitrogens with two attached hydrogens (primary N) is 1. The number of nitrogens with zero attached hydrogens (tertiary/aromatic N) is 4. The van der Waals surface area contributed by atoms with Gasteiger partial charge in [0.2, 0.25) is 0 Å². The highest BCUT2D eigenvalue weighted by Crippen LogP contribution is 2.40. The Morgan fingerprint density at radius 3 is 2.42 bits per heavy atom. The van der Waals surface area contributed by atoms with E-state index in [2.05, 4.69) is 9.97 Å². The van der Waals surface area contributed by atoms with E-state index >= 15 is 0 Å². The molecule has 31 heavy (non-hydrogen) atoms. The molecule has 1 aliphatic rings. The van der Waals surface area contributed by atoms with Crippen molar-refractivity contribution in [1.29, 1.82) is 0 Å². The highest BCUT2D eigenvalue weighted by atomic mass is 32.2. The SMILES string of the molecule is CCS(=O)(=O)c1cc(C)c(N)nc1-c1nc2cc(C(F)(F)F)n(C3CC3)c(=O)c2n1C. The number of aromatic nitrogens is 4. The van der Waals surface area contributed by atoms with Crippen LogP contribution in [-0.4, -0.2) is 33.3 Å². The van der Waals surface area contributed by atoms with Crippen molar-refractivity contribution in [3.8, 4) is 11.5 Å². The first-order valence-electron chi connectivity index (χ1n) is 9.56. The van der Waals surface area contributed by atoms with Gasteiger partial charge in [-0.1, -0.05) is 6.92 Å². The average Bonchev–Trinajstić information content (AvgIpc) is 3.45. The van der Waals surface area contributed by atoms with E-state index in [9.17, 15) is 26.4 Å². The topological polar surface area (TPSA) is 113 Å². The van der Waals surface area contributed by atoms with Gasteiger partial charge in [-0.15, -0.1) is 0 Å².